The van der Waals surface area contributed by atoms with Gasteiger partial charge in [0, 0.05) is 5.56 Å². The fraction of sp³-hybridized carbons (Fsp3) is 0.483. The molecule has 1 aromatic rings. The number of carbonyl (C=O) groups is 3. The van der Waals surface area contributed by atoms with Crippen LogP contribution >= 0.6 is 0 Å². The lowest BCUT2D eigenvalue weighted by Crippen LogP contribution is -2.68. The van der Waals surface area contributed by atoms with E-state index in [1.807, 2.05) is 47.6 Å². The summed E-state index contributed by atoms with van der Waals surface area (Å²) in [6, 6.07) is 8.64. The Morgan fingerprint density at radius 2 is 1.52 bits per heavy atom. The second-order valence-electron chi connectivity index (χ2n) is 10.9. The Bertz CT molecular complexity index is 1080. The Morgan fingerprint density at radius 1 is 0.939 bits per heavy atom. The van der Waals surface area contributed by atoms with Crippen molar-refractivity contribution in [1.29, 1.82) is 0 Å². The van der Waals surface area contributed by atoms with Crippen LogP contribution in [0, 0.1) is 22.2 Å². The van der Waals surface area contributed by atoms with Gasteiger partial charge in [0.05, 0.1) is 10.8 Å². The number of carbonyl (C=O) groups excluding carboxylic acids is 3. The van der Waals surface area contributed by atoms with Crippen LogP contribution in [0.5, 0.6) is 0 Å². The predicted molar refractivity (Wildman–Crippen MR) is 132 cm³/mol. The van der Waals surface area contributed by atoms with E-state index in [4.69, 9.17) is 0 Å². The molecule has 2 aliphatic carbocycles. The molecular formula is C29H36O4. The number of rotatable bonds is 5. The zero-order valence-corrected chi connectivity index (χ0v) is 20.9. The van der Waals surface area contributed by atoms with Crippen molar-refractivity contribution in [2.45, 2.75) is 67.7 Å². The third-order valence-corrected chi connectivity index (χ3v) is 8.09. The molecule has 1 N–H and O–H groups in total. The molecule has 4 heteroatoms. The average molecular weight is 449 g/mol. The molecule has 0 aliphatic heterocycles. The monoisotopic (exact) mass is 448 g/mol. The Balaban J connectivity index is 2.32. The lowest BCUT2D eigenvalue weighted by atomic mass is 9.40. The first kappa shape index (κ1) is 24.9. The van der Waals surface area contributed by atoms with Crippen LogP contribution in [0.1, 0.15) is 73.3 Å². The van der Waals surface area contributed by atoms with Crippen molar-refractivity contribution in [3.63, 3.8) is 0 Å². The van der Waals surface area contributed by atoms with Crippen LogP contribution in [0.4, 0.5) is 0 Å². The van der Waals surface area contributed by atoms with E-state index in [9.17, 15) is 19.5 Å². The molecule has 4 nitrogen and oxygen atoms in total. The Hall–Kier alpha value is -2.75. The van der Waals surface area contributed by atoms with E-state index in [0.717, 1.165) is 11.1 Å². The molecular weight excluding hydrogens is 412 g/mol. The van der Waals surface area contributed by atoms with Gasteiger partial charge < -0.3 is 5.11 Å². The van der Waals surface area contributed by atoms with Gasteiger partial charge >= 0.3 is 0 Å². The van der Waals surface area contributed by atoms with E-state index in [1.165, 1.54) is 0 Å². The molecule has 3 atom stereocenters. The van der Waals surface area contributed by atoms with Gasteiger partial charge in [0.15, 0.2) is 17.3 Å². The smallest absolute Gasteiger partial charge is 0.184 e. The highest BCUT2D eigenvalue weighted by atomic mass is 16.3. The van der Waals surface area contributed by atoms with Gasteiger partial charge in [0.1, 0.15) is 11.3 Å². The number of hydrogen-bond donors (Lipinski definition) is 1. The van der Waals surface area contributed by atoms with E-state index in [1.54, 1.807) is 37.3 Å². The molecule has 3 rings (SSSR count). The highest BCUT2D eigenvalue weighted by molar-refractivity contribution is 6.41. The molecule has 33 heavy (non-hydrogen) atoms. The summed E-state index contributed by atoms with van der Waals surface area (Å²) in [5.74, 6) is -1.76. The Morgan fingerprint density at radius 3 is 2.06 bits per heavy atom. The quantitative estimate of drug-likeness (QED) is 0.185. The summed E-state index contributed by atoms with van der Waals surface area (Å²) >= 11 is 0. The van der Waals surface area contributed by atoms with Crippen LogP contribution in [-0.4, -0.2) is 22.5 Å². The van der Waals surface area contributed by atoms with Gasteiger partial charge in [-0.3, -0.25) is 14.4 Å². The van der Waals surface area contributed by atoms with Gasteiger partial charge in [-0.1, -0.05) is 67.5 Å². The number of allylic oxidation sites excluding steroid dienone is 5. The summed E-state index contributed by atoms with van der Waals surface area (Å²) in [6.07, 6.45) is 5.34. The summed E-state index contributed by atoms with van der Waals surface area (Å²) in [7, 11) is 0. The number of benzene rings is 1. The molecule has 176 valence electrons. The summed E-state index contributed by atoms with van der Waals surface area (Å²) in [5, 5.41) is 11.1. The summed E-state index contributed by atoms with van der Waals surface area (Å²) in [5.41, 5.74) is -1.10. The summed E-state index contributed by atoms with van der Waals surface area (Å²) < 4.78 is 0. The number of hydrogen-bond acceptors (Lipinski definition) is 4. The molecule has 0 unspecified atom stereocenters. The maximum atomic E-state index is 14.1. The number of fused-ring (bicyclic) bond motifs is 2. The SMILES string of the molecule is CC(C)=CC[C@@H]1C[C@]2(CC=C(C)C)C(=O)C(=C(O)c3ccccc3)C(=O)[C@@](C)(C2=O)C1(C)C. The zero-order valence-electron chi connectivity index (χ0n) is 20.9. The molecule has 2 bridgehead atoms. The van der Waals surface area contributed by atoms with E-state index in [-0.39, 0.29) is 29.5 Å². The minimum Gasteiger partial charge on any atom is -0.506 e. The van der Waals surface area contributed by atoms with Crippen molar-refractivity contribution >= 4 is 23.1 Å². The van der Waals surface area contributed by atoms with Crippen molar-refractivity contribution < 1.29 is 19.5 Å². The first-order chi connectivity index (χ1) is 15.3. The summed E-state index contributed by atoms with van der Waals surface area (Å²) in [4.78, 5) is 42.1. The topological polar surface area (TPSA) is 71.4 Å². The molecule has 1 aromatic carbocycles. The van der Waals surface area contributed by atoms with Crippen molar-refractivity contribution in [3.8, 4) is 0 Å². The highest BCUT2D eigenvalue weighted by Gasteiger charge is 2.72. The van der Waals surface area contributed by atoms with Crippen LogP contribution in [-0.2, 0) is 14.4 Å². The second kappa shape index (κ2) is 8.55. The molecule has 0 saturated heterocycles. The second-order valence-corrected chi connectivity index (χ2v) is 10.9. The van der Waals surface area contributed by atoms with Crippen LogP contribution < -0.4 is 0 Å². The third-order valence-electron chi connectivity index (χ3n) is 8.09. The van der Waals surface area contributed by atoms with E-state index < -0.39 is 27.8 Å². The Labute approximate surface area is 197 Å². The van der Waals surface area contributed by atoms with Gasteiger partial charge in [-0.25, -0.2) is 0 Å². The lowest BCUT2D eigenvalue weighted by molar-refractivity contribution is -0.174. The van der Waals surface area contributed by atoms with E-state index in [2.05, 4.69) is 6.08 Å². The van der Waals surface area contributed by atoms with Gasteiger partial charge in [0.2, 0.25) is 0 Å². The minimum atomic E-state index is -1.41. The maximum Gasteiger partial charge on any atom is 0.184 e. The Kier molecular flexibility index (Phi) is 6.45. The number of ketones is 3. The van der Waals surface area contributed by atoms with E-state index in [0.29, 0.717) is 18.4 Å². The molecule has 0 amide bonds. The van der Waals surface area contributed by atoms with Crippen LogP contribution in [0.2, 0.25) is 0 Å². The fourth-order valence-electron chi connectivity index (χ4n) is 5.49. The molecule has 0 aromatic heterocycles. The molecule has 2 fully saturated rings. The van der Waals surface area contributed by atoms with Crippen molar-refractivity contribution in [2.75, 3.05) is 0 Å². The van der Waals surface area contributed by atoms with Gasteiger partial charge in [-0.15, -0.1) is 0 Å². The number of aliphatic hydroxyl groups is 1. The lowest BCUT2D eigenvalue weighted by Gasteiger charge is -2.59. The molecule has 2 aliphatic rings. The van der Waals surface area contributed by atoms with E-state index >= 15 is 0 Å². The highest BCUT2D eigenvalue weighted by Crippen LogP contribution is 2.63. The first-order valence-corrected chi connectivity index (χ1v) is 11.7. The first-order valence-electron chi connectivity index (χ1n) is 11.7. The zero-order chi connectivity index (χ0) is 24.8. The molecule has 0 heterocycles. The van der Waals surface area contributed by atoms with Gasteiger partial charge in [0.25, 0.3) is 0 Å². The normalized spacial score (nSPS) is 30.0. The third kappa shape index (κ3) is 3.74. The minimum absolute atomic E-state index is 0.0334. The average Bonchev–Trinajstić information content (AvgIpc) is 2.76. The fourth-order valence-corrected chi connectivity index (χ4v) is 5.49. The number of aliphatic hydroxyl groups excluding tert-OH is 1. The standard InChI is InChI=1S/C29H36O4/c1-18(2)13-14-21-17-29(16-15-19(3)4)25(32)22(23(30)20-11-9-8-10-12-20)24(31)28(7,26(29)33)27(21,5)6/h8-13,15,21,30H,14,16-17H2,1-7H3/t21-,28+,29-/m1/s1. The van der Waals surface area contributed by atoms with Crippen LogP contribution in [0.15, 0.2) is 59.2 Å². The van der Waals surface area contributed by atoms with Gasteiger partial charge in [-0.2, -0.15) is 0 Å². The predicted octanol–water partition coefficient (Wildman–Crippen LogP) is 6.43. The summed E-state index contributed by atoms with van der Waals surface area (Å²) in [6.45, 7) is 13.5. The van der Waals surface area contributed by atoms with Crippen LogP contribution in [0.25, 0.3) is 5.76 Å². The number of Topliss-reactive ketones (excluding diaryl/α,β-unsaturated/α-hetero) is 3. The molecule has 2 saturated carbocycles. The van der Waals surface area contributed by atoms with Crippen LogP contribution in [0.3, 0.4) is 0 Å². The molecule has 0 radical (unpaired) electrons. The van der Waals surface area contributed by atoms with Crippen molar-refractivity contribution in [2.24, 2.45) is 22.2 Å². The largest absolute Gasteiger partial charge is 0.506 e. The van der Waals surface area contributed by atoms with Gasteiger partial charge in [-0.05, 0) is 65.2 Å². The molecule has 0 spiro atoms. The van der Waals surface area contributed by atoms with Crippen molar-refractivity contribution in [3.05, 3.63) is 64.8 Å². The van der Waals surface area contributed by atoms with Crippen molar-refractivity contribution in [1.82, 2.24) is 0 Å². The maximum absolute atomic E-state index is 14.1.